The molecule has 21 heavy (non-hydrogen) atoms. The number of pyridine rings is 1. The van der Waals surface area contributed by atoms with Gasteiger partial charge in [0.2, 0.25) is 0 Å². The first-order chi connectivity index (χ1) is 10.2. The lowest BCUT2D eigenvalue weighted by Crippen LogP contribution is -2.08. The summed E-state index contributed by atoms with van der Waals surface area (Å²) in [5.74, 6) is 0. The Balaban J connectivity index is 1.71. The van der Waals surface area contributed by atoms with Crippen molar-refractivity contribution in [3.63, 3.8) is 0 Å². The molecule has 0 aliphatic heterocycles. The Morgan fingerprint density at radius 2 is 1.76 bits per heavy atom. The first-order valence-electron chi connectivity index (χ1n) is 7.07. The van der Waals surface area contributed by atoms with Crippen LogP contribution in [-0.4, -0.2) is 19.1 Å². The van der Waals surface area contributed by atoms with Crippen LogP contribution in [0.5, 0.6) is 0 Å². The lowest BCUT2D eigenvalue weighted by molar-refractivity contribution is 1.11. The highest BCUT2D eigenvalue weighted by Gasteiger charge is 1.99. The zero-order chi connectivity index (χ0) is 14.7. The molecule has 3 aromatic rings. The molecule has 0 saturated heterocycles. The van der Waals surface area contributed by atoms with Gasteiger partial charge in [0.05, 0.1) is 17.4 Å². The SMILES string of the molecule is CN(C)c1ccc(CNc2cnc3ccccc3c2)cc1. The second kappa shape index (κ2) is 5.83. The Hall–Kier alpha value is -2.55. The predicted octanol–water partition coefficient (Wildman–Crippen LogP) is 3.91. The van der Waals surface area contributed by atoms with Crippen molar-refractivity contribution >= 4 is 22.3 Å². The first kappa shape index (κ1) is 13.4. The monoisotopic (exact) mass is 277 g/mol. The van der Waals surface area contributed by atoms with Gasteiger partial charge in [0.25, 0.3) is 0 Å². The topological polar surface area (TPSA) is 28.2 Å². The Bertz CT molecular complexity index is 733. The van der Waals surface area contributed by atoms with Crippen molar-refractivity contribution in [2.45, 2.75) is 6.54 Å². The van der Waals surface area contributed by atoms with Crippen molar-refractivity contribution < 1.29 is 0 Å². The molecule has 0 spiro atoms. The van der Waals surface area contributed by atoms with Crippen molar-refractivity contribution in [2.24, 2.45) is 0 Å². The van der Waals surface area contributed by atoms with E-state index in [9.17, 15) is 0 Å². The summed E-state index contributed by atoms with van der Waals surface area (Å²) in [7, 11) is 4.10. The molecule has 1 aromatic heterocycles. The third kappa shape index (κ3) is 3.14. The maximum atomic E-state index is 4.46. The highest BCUT2D eigenvalue weighted by molar-refractivity contribution is 5.81. The van der Waals surface area contributed by atoms with Crippen molar-refractivity contribution in [3.05, 3.63) is 66.4 Å². The van der Waals surface area contributed by atoms with Crippen molar-refractivity contribution in [1.29, 1.82) is 0 Å². The molecule has 1 N–H and O–H groups in total. The fourth-order valence-corrected chi connectivity index (χ4v) is 2.28. The molecule has 3 nitrogen and oxygen atoms in total. The minimum Gasteiger partial charge on any atom is -0.380 e. The summed E-state index contributed by atoms with van der Waals surface area (Å²) in [5.41, 5.74) is 4.55. The van der Waals surface area contributed by atoms with Gasteiger partial charge in [-0.25, -0.2) is 0 Å². The third-order valence-corrected chi connectivity index (χ3v) is 3.54. The van der Waals surface area contributed by atoms with Crippen LogP contribution in [-0.2, 0) is 6.54 Å². The van der Waals surface area contributed by atoms with Gasteiger partial charge in [-0.15, -0.1) is 0 Å². The fourth-order valence-electron chi connectivity index (χ4n) is 2.28. The molecule has 0 aliphatic rings. The summed E-state index contributed by atoms with van der Waals surface area (Å²) in [4.78, 5) is 6.56. The number of nitrogens with zero attached hydrogens (tertiary/aromatic N) is 2. The maximum absolute atomic E-state index is 4.46. The molecular weight excluding hydrogens is 258 g/mol. The van der Waals surface area contributed by atoms with E-state index in [4.69, 9.17) is 0 Å². The standard InChI is InChI=1S/C18H19N3/c1-21(2)17-9-7-14(8-10-17)12-19-16-11-15-5-3-4-6-18(15)20-13-16/h3-11,13,19H,12H2,1-2H3. The van der Waals surface area contributed by atoms with Gasteiger partial charge in [0, 0.05) is 31.7 Å². The number of para-hydroxylation sites is 1. The molecule has 0 radical (unpaired) electrons. The van der Waals surface area contributed by atoms with E-state index in [1.165, 1.54) is 11.3 Å². The van der Waals surface area contributed by atoms with Crippen LogP contribution < -0.4 is 10.2 Å². The van der Waals surface area contributed by atoms with Crippen molar-refractivity contribution in [1.82, 2.24) is 4.98 Å². The predicted molar refractivity (Wildman–Crippen MR) is 89.8 cm³/mol. The van der Waals surface area contributed by atoms with Crippen LogP contribution in [0, 0.1) is 0 Å². The largest absolute Gasteiger partial charge is 0.380 e. The number of hydrogen-bond acceptors (Lipinski definition) is 3. The van der Waals surface area contributed by atoms with E-state index >= 15 is 0 Å². The molecule has 106 valence electrons. The smallest absolute Gasteiger partial charge is 0.0703 e. The Kier molecular flexibility index (Phi) is 3.73. The molecule has 0 fully saturated rings. The highest BCUT2D eigenvalue weighted by Crippen LogP contribution is 2.17. The molecule has 0 atom stereocenters. The Morgan fingerprint density at radius 3 is 2.52 bits per heavy atom. The molecule has 3 rings (SSSR count). The van der Waals surface area contributed by atoms with E-state index in [2.05, 4.69) is 51.6 Å². The first-order valence-corrected chi connectivity index (χ1v) is 7.07. The third-order valence-electron chi connectivity index (χ3n) is 3.54. The Morgan fingerprint density at radius 1 is 1.00 bits per heavy atom. The molecule has 0 bridgehead atoms. The Labute approximate surface area is 125 Å². The summed E-state index contributed by atoms with van der Waals surface area (Å²) >= 11 is 0. The number of fused-ring (bicyclic) bond motifs is 1. The summed E-state index contributed by atoms with van der Waals surface area (Å²) in [6.07, 6.45) is 1.89. The van der Waals surface area contributed by atoms with Gasteiger partial charge in [-0.1, -0.05) is 30.3 Å². The number of nitrogens with one attached hydrogen (secondary N) is 1. The fraction of sp³-hybridized carbons (Fsp3) is 0.167. The van der Waals surface area contributed by atoms with Crippen molar-refractivity contribution in [3.8, 4) is 0 Å². The van der Waals surface area contributed by atoms with E-state index in [0.29, 0.717) is 0 Å². The molecule has 0 amide bonds. The van der Waals surface area contributed by atoms with Gasteiger partial charge in [-0.2, -0.15) is 0 Å². The summed E-state index contributed by atoms with van der Waals surface area (Å²) in [5, 5.41) is 4.58. The second-order valence-electron chi connectivity index (χ2n) is 5.33. The lowest BCUT2D eigenvalue weighted by Gasteiger charge is -2.13. The normalized spacial score (nSPS) is 10.6. The van der Waals surface area contributed by atoms with E-state index in [1.54, 1.807) is 0 Å². The maximum Gasteiger partial charge on any atom is 0.0703 e. The van der Waals surface area contributed by atoms with Crippen LogP contribution in [0.3, 0.4) is 0 Å². The van der Waals surface area contributed by atoms with Crippen LogP contribution in [0.1, 0.15) is 5.56 Å². The molecule has 0 unspecified atom stereocenters. The van der Waals surface area contributed by atoms with Crippen LogP contribution in [0.2, 0.25) is 0 Å². The van der Waals surface area contributed by atoms with E-state index in [1.807, 2.05) is 38.5 Å². The van der Waals surface area contributed by atoms with Crippen LogP contribution in [0.25, 0.3) is 10.9 Å². The molecular formula is C18H19N3. The average molecular weight is 277 g/mol. The molecule has 0 aliphatic carbocycles. The number of rotatable bonds is 4. The quantitative estimate of drug-likeness (QED) is 0.783. The van der Waals surface area contributed by atoms with E-state index in [-0.39, 0.29) is 0 Å². The van der Waals surface area contributed by atoms with Gasteiger partial charge in [-0.05, 0) is 29.8 Å². The second-order valence-corrected chi connectivity index (χ2v) is 5.33. The summed E-state index contributed by atoms with van der Waals surface area (Å²) in [6.45, 7) is 0.799. The van der Waals surface area contributed by atoms with Gasteiger partial charge in [0.1, 0.15) is 0 Å². The van der Waals surface area contributed by atoms with Gasteiger partial charge in [0.15, 0.2) is 0 Å². The minimum atomic E-state index is 0.799. The average Bonchev–Trinajstić information content (AvgIpc) is 2.53. The van der Waals surface area contributed by atoms with Gasteiger partial charge in [-0.3, -0.25) is 4.98 Å². The van der Waals surface area contributed by atoms with Crippen LogP contribution in [0.4, 0.5) is 11.4 Å². The molecule has 3 heteroatoms. The number of benzene rings is 2. The zero-order valence-corrected chi connectivity index (χ0v) is 12.4. The highest BCUT2D eigenvalue weighted by atomic mass is 15.1. The minimum absolute atomic E-state index is 0.799. The van der Waals surface area contributed by atoms with Crippen LogP contribution >= 0.6 is 0 Å². The van der Waals surface area contributed by atoms with Crippen LogP contribution in [0.15, 0.2) is 60.8 Å². The van der Waals surface area contributed by atoms with Gasteiger partial charge >= 0.3 is 0 Å². The zero-order valence-electron chi connectivity index (χ0n) is 12.4. The number of aromatic nitrogens is 1. The summed E-state index contributed by atoms with van der Waals surface area (Å²) < 4.78 is 0. The molecule has 2 aromatic carbocycles. The van der Waals surface area contributed by atoms with Gasteiger partial charge < -0.3 is 10.2 Å². The molecule has 0 saturated carbocycles. The lowest BCUT2D eigenvalue weighted by atomic mass is 10.2. The van der Waals surface area contributed by atoms with E-state index in [0.717, 1.165) is 23.1 Å². The molecule has 1 heterocycles. The van der Waals surface area contributed by atoms with E-state index < -0.39 is 0 Å². The summed E-state index contributed by atoms with van der Waals surface area (Å²) in [6, 6.07) is 18.9. The number of hydrogen-bond donors (Lipinski definition) is 1. The van der Waals surface area contributed by atoms with Crippen molar-refractivity contribution in [2.75, 3.05) is 24.3 Å². The number of anilines is 2.